The molecule has 2 atom stereocenters. The van der Waals surface area contributed by atoms with E-state index in [0.29, 0.717) is 13.0 Å². The standard InChI is InChI=1S/C12H19F3N2O3/c1-19-10(3-5-20-8-10)6-17-9(18)11(12(13,14)15)2-4-16-7-11/h16H,2-8H2,1H3,(H,17,18). The molecule has 116 valence electrons. The minimum absolute atomic E-state index is 0.0279. The van der Waals surface area contributed by atoms with Gasteiger partial charge in [-0.15, -0.1) is 0 Å². The fraction of sp³-hybridized carbons (Fsp3) is 0.917. The lowest BCUT2D eigenvalue weighted by atomic mass is 9.85. The summed E-state index contributed by atoms with van der Waals surface area (Å²) in [6, 6.07) is 0. The second-order valence-electron chi connectivity index (χ2n) is 5.38. The number of methoxy groups -OCH3 is 1. The van der Waals surface area contributed by atoms with Gasteiger partial charge in [0.1, 0.15) is 5.60 Å². The van der Waals surface area contributed by atoms with Crippen molar-refractivity contribution in [2.24, 2.45) is 5.41 Å². The highest BCUT2D eigenvalue weighted by Gasteiger charge is 2.61. The van der Waals surface area contributed by atoms with Crippen LogP contribution in [0.1, 0.15) is 12.8 Å². The van der Waals surface area contributed by atoms with Crippen LogP contribution in [0.3, 0.4) is 0 Å². The maximum Gasteiger partial charge on any atom is 0.404 e. The lowest BCUT2D eigenvalue weighted by Gasteiger charge is -2.32. The van der Waals surface area contributed by atoms with E-state index in [2.05, 4.69) is 10.6 Å². The number of ether oxygens (including phenoxy) is 2. The van der Waals surface area contributed by atoms with Crippen molar-refractivity contribution in [3.63, 3.8) is 0 Å². The number of carbonyl (C=O) groups is 1. The van der Waals surface area contributed by atoms with Gasteiger partial charge in [-0.25, -0.2) is 0 Å². The van der Waals surface area contributed by atoms with Gasteiger partial charge < -0.3 is 20.1 Å². The number of rotatable bonds is 4. The summed E-state index contributed by atoms with van der Waals surface area (Å²) in [5, 5.41) is 5.02. The molecule has 2 saturated heterocycles. The predicted octanol–water partition coefficient (Wildman–Crippen LogP) is 0.450. The van der Waals surface area contributed by atoms with Crippen molar-refractivity contribution in [3.8, 4) is 0 Å². The summed E-state index contributed by atoms with van der Waals surface area (Å²) in [5.74, 6) is -0.988. The number of halogens is 3. The maximum atomic E-state index is 13.2. The van der Waals surface area contributed by atoms with Crippen LogP contribution in [0.25, 0.3) is 0 Å². The van der Waals surface area contributed by atoms with Crippen molar-refractivity contribution in [3.05, 3.63) is 0 Å². The molecule has 2 fully saturated rings. The van der Waals surface area contributed by atoms with Crippen LogP contribution >= 0.6 is 0 Å². The number of alkyl halides is 3. The third-order valence-electron chi connectivity index (χ3n) is 4.20. The average Bonchev–Trinajstić information content (AvgIpc) is 3.05. The smallest absolute Gasteiger partial charge is 0.378 e. The molecule has 2 rings (SSSR count). The molecule has 0 aromatic heterocycles. The van der Waals surface area contributed by atoms with E-state index in [9.17, 15) is 18.0 Å². The highest BCUT2D eigenvalue weighted by atomic mass is 19.4. The molecule has 0 radical (unpaired) electrons. The Morgan fingerprint density at radius 1 is 1.45 bits per heavy atom. The molecular formula is C12H19F3N2O3. The van der Waals surface area contributed by atoms with Crippen LogP contribution in [-0.4, -0.2) is 57.6 Å². The van der Waals surface area contributed by atoms with E-state index in [1.165, 1.54) is 7.11 Å². The molecule has 2 unspecified atom stereocenters. The first-order chi connectivity index (χ1) is 9.35. The van der Waals surface area contributed by atoms with Gasteiger partial charge in [0.15, 0.2) is 5.41 Å². The number of hydrogen-bond acceptors (Lipinski definition) is 4. The Hall–Kier alpha value is -0.860. The van der Waals surface area contributed by atoms with Crippen LogP contribution in [0.15, 0.2) is 0 Å². The van der Waals surface area contributed by atoms with Gasteiger partial charge in [-0.05, 0) is 13.0 Å². The van der Waals surface area contributed by atoms with Gasteiger partial charge in [0.2, 0.25) is 5.91 Å². The zero-order valence-electron chi connectivity index (χ0n) is 11.3. The third kappa shape index (κ3) is 2.64. The van der Waals surface area contributed by atoms with E-state index < -0.39 is 23.1 Å². The Balaban J connectivity index is 2.03. The van der Waals surface area contributed by atoms with Gasteiger partial charge in [-0.3, -0.25) is 4.79 Å². The summed E-state index contributed by atoms with van der Waals surface area (Å²) >= 11 is 0. The van der Waals surface area contributed by atoms with Crippen molar-refractivity contribution in [1.29, 1.82) is 0 Å². The van der Waals surface area contributed by atoms with Gasteiger partial charge in [0, 0.05) is 33.2 Å². The summed E-state index contributed by atoms with van der Waals surface area (Å²) < 4.78 is 50.0. The van der Waals surface area contributed by atoms with Crippen molar-refractivity contribution in [1.82, 2.24) is 10.6 Å². The van der Waals surface area contributed by atoms with E-state index in [1.807, 2.05) is 0 Å². The van der Waals surface area contributed by atoms with Crippen molar-refractivity contribution >= 4 is 5.91 Å². The molecule has 20 heavy (non-hydrogen) atoms. The van der Waals surface area contributed by atoms with Crippen LogP contribution in [0, 0.1) is 5.41 Å². The lowest BCUT2D eigenvalue weighted by molar-refractivity contribution is -0.216. The van der Waals surface area contributed by atoms with Crippen LogP contribution in [0.5, 0.6) is 0 Å². The molecule has 2 N–H and O–H groups in total. The summed E-state index contributed by atoms with van der Waals surface area (Å²) in [6.45, 7) is 0.598. The second-order valence-corrected chi connectivity index (χ2v) is 5.38. The molecule has 0 aliphatic carbocycles. The molecule has 0 bridgehead atoms. The fourth-order valence-electron chi connectivity index (χ4n) is 2.63. The van der Waals surface area contributed by atoms with E-state index in [4.69, 9.17) is 9.47 Å². The number of hydrogen-bond donors (Lipinski definition) is 2. The minimum atomic E-state index is -4.56. The van der Waals surface area contributed by atoms with E-state index in [1.54, 1.807) is 0 Å². The number of amides is 1. The maximum absolute atomic E-state index is 13.2. The fourth-order valence-corrected chi connectivity index (χ4v) is 2.63. The molecular weight excluding hydrogens is 277 g/mol. The Morgan fingerprint density at radius 3 is 2.65 bits per heavy atom. The third-order valence-corrected chi connectivity index (χ3v) is 4.20. The Morgan fingerprint density at radius 2 is 2.20 bits per heavy atom. The zero-order valence-corrected chi connectivity index (χ0v) is 11.3. The van der Waals surface area contributed by atoms with Gasteiger partial charge in [-0.2, -0.15) is 13.2 Å². The van der Waals surface area contributed by atoms with Crippen molar-refractivity contribution < 1.29 is 27.4 Å². The second kappa shape index (κ2) is 5.50. The van der Waals surface area contributed by atoms with Crippen LogP contribution in [0.4, 0.5) is 13.2 Å². The van der Waals surface area contributed by atoms with E-state index in [-0.39, 0.29) is 32.7 Å². The molecule has 8 heteroatoms. The Bertz CT molecular complexity index is 361. The molecule has 2 heterocycles. The number of nitrogens with one attached hydrogen (secondary N) is 2. The van der Waals surface area contributed by atoms with Crippen molar-refractivity contribution in [2.45, 2.75) is 24.6 Å². The minimum Gasteiger partial charge on any atom is -0.378 e. The first-order valence-corrected chi connectivity index (χ1v) is 6.54. The summed E-state index contributed by atoms with van der Waals surface area (Å²) in [6.07, 6.45) is -4.24. The highest BCUT2D eigenvalue weighted by Crippen LogP contribution is 2.43. The van der Waals surface area contributed by atoms with E-state index in [0.717, 1.165) is 0 Å². The van der Waals surface area contributed by atoms with Gasteiger partial charge in [0.05, 0.1) is 6.61 Å². The molecule has 0 spiro atoms. The largest absolute Gasteiger partial charge is 0.404 e. The average molecular weight is 296 g/mol. The first kappa shape index (κ1) is 15.5. The molecule has 0 aromatic rings. The topological polar surface area (TPSA) is 59.6 Å². The van der Waals surface area contributed by atoms with E-state index >= 15 is 0 Å². The molecule has 0 aromatic carbocycles. The first-order valence-electron chi connectivity index (χ1n) is 6.54. The van der Waals surface area contributed by atoms with Gasteiger partial charge in [0.25, 0.3) is 0 Å². The van der Waals surface area contributed by atoms with Crippen LogP contribution < -0.4 is 10.6 Å². The molecule has 2 aliphatic heterocycles. The molecule has 5 nitrogen and oxygen atoms in total. The monoisotopic (exact) mass is 296 g/mol. The van der Waals surface area contributed by atoms with Crippen LogP contribution in [-0.2, 0) is 14.3 Å². The molecule has 0 saturated carbocycles. The van der Waals surface area contributed by atoms with Gasteiger partial charge in [-0.1, -0.05) is 0 Å². The van der Waals surface area contributed by atoms with Crippen LogP contribution in [0.2, 0.25) is 0 Å². The van der Waals surface area contributed by atoms with Crippen molar-refractivity contribution in [2.75, 3.05) is 40.0 Å². The zero-order chi connectivity index (χ0) is 14.9. The Labute approximate surface area is 115 Å². The predicted molar refractivity (Wildman–Crippen MR) is 64.2 cm³/mol. The normalized spacial score (nSPS) is 34.4. The summed E-state index contributed by atoms with van der Waals surface area (Å²) in [7, 11) is 1.47. The Kier molecular flexibility index (Phi) is 4.27. The molecule has 2 aliphatic rings. The number of carbonyl (C=O) groups excluding carboxylic acids is 1. The summed E-state index contributed by atoms with van der Waals surface area (Å²) in [5.41, 5.74) is -3.05. The molecule has 1 amide bonds. The summed E-state index contributed by atoms with van der Waals surface area (Å²) in [4.78, 5) is 12.1. The highest BCUT2D eigenvalue weighted by molar-refractivity contribution is 5.84. The SMILES string of the molecule is COC1(CNC(=O)C2(C(F)(F)F)CCNC2)CCOC1. The quantitative estimate of drug-likeness (QED) is 0.791. The lowest BCUT2D eigenvalue weighted by Crippen LogP contribution is -2.55. The van der Waals surface area contributed by atoms with Gasteiger partial charge >= 0.3 is 6.18 Å².